The Morgan fingerprint density at radius 3 is 2.22 bits per heavy atom. The highest BCUT2D eigenvalue weighted by molar-refractivity contribution is 5.23. The topological polar surface area (TPSA) is 20.2 Å². The summed E-state index contributed by atoms with van der Waals surface area (Å²) in [7, 11) is 0. The molecule has 0 spiro atoms. The van der Waals surface area contributed by atoms with Gasteiger partial charge in [0.15, 0.2) is 0 Å². The number of hydrogen-bond acceptors (Lipinski definition) is 1. The zero-order valence-electron chi connectivity index (χ0n) is 11.1. The van der Waals surface area contributed by atoms with Crippen molar-refractivity contribution in [2.24, 2.45) is 0 Å². The van der Waals surface area contributed by atoms with E-state index < -0.39 is 11.5 Å². The van der Waals surface area contributed by atoms with Crippen molar-refractivity contribution in [1.29, 1.82) is 0 Å². The third-order valence-electron chi connectivity index (χ3n) is 3.33. The Labute approximate surface area is 108 Å². The van der Waals surface area contributed by atoms with Gasteiger partial charge in [-0.1, -0.05) is 62.9 Å². The molecular formula is C15H22F2O. The van der Waals surface area contributed by atoms with E-state index in [1.165, 1.54) is 19.1 Å². The molecule has 0 aliphatic carbocycles. The van der Waals surface area contributed by atoms with Crippen LogP contribution in [0.5, 0.6) is 0 Å². The molecule has 1 atom stereocenters. The van der Waals surface area contributed by atoms with Crippen LogP contribution < -0.4 is 0 Å². The van der Waals surface area contributed by atoms with Crippen molar-refractivity contribution in [1.82, 2.24) is 0 Å². The highest BCUT2D eigenvalue weighted by Gasteiger charge is 2.49. The van der Waals surface area contributed by atoms with Gasteiger partial charge in [-0.25, -0.2) is 0 Å². The van der Waals surface area contributed by atoms with E-state index in [1.54, 1.807) is 18.2 Å². The maximum Gasteiger partial charge on any atom is 0.300 e. The third kappa shape index (κ3) is 3.52. The summed E-state index contributed by atoms with van der Waals surface area (Å²) in [5.41, 5.74) is -2.10. The van der Waals surface area contributed by atoms with Gasteiger partial charge in [0.1, 0.15) is 5.60 Å². The van der Waals surface area contributed by atoms with Gasteiger partial charge >= 0.3 is 5.92 Å². The first-order valence-electron chi connectivity index (χ1n) is 6.57. The second-order valence-corrected chi connectivity index (χ2v) is 5.02. The van der Waals surface area contributed by atoms with Crippen molar-refractivity contribution >= 4 is 0 Å². The van der Waals surface area contributed by atoms with Gasteiger partial charge in [0, 0.05) is 5.56 Å². The fraction of sp³-hybridized carbons (Fsp3) is 0.600. The van der Waals surface area contributed by atoms with E-state index in [0.29, 0.717) is 6.42 Å². The normalized spacial score (nSPS) is 15.4. The predicted molar refractivity (Wildman–Crippen MR) is 69.7 cm³/mol. The lowest BCUT2D eigenvalue weighted by Crippen LogP contribution is -2.43. The van der Waals surface area contributed by atoms with Crippen molar-refractivity contribution in [3.8, 4) is 0 Å². The standard InChI is InChI=1S/C15H22F2O/c1-3-4-5-9-12-14(2,18)15(16,17)13-10-7-6-8-11-13/h6-8,10-11,18H,3-5,9,12H2,1-2H3. The van der Waals surface area contributed by atoms with Crippen molar-refractivity contribution in [3.63, 3.8) is 0 Å². The van der Waals surface area contributed by atoms with Gasteiger partial charge in [0.2, 0.25) is 0 Å². The van der Waals surface area contributed by atoms with Gasteiger partial charge in [-0.05, 0) is 13.3 Å². The van der Waals surface area contributed by atoms with E-state index in [4.69, 9.17) is 0 Å². The minimum atomic E-state index is -3.21. The Balaban J connectivity index is 2.70. The molecule has 0 heterocycles. The average Bonchev–Trinajstić information content (AvgIpc) is 2.35. The maximum absolute atomic E-state index is 14.2. The van der Waals surface area contributed by atoms with E-state index in [0.717, 1.165) is 19.3 Å². The maximum atomic E-state index is 14.2. The van der Waals surface area contributed by atoms with Crippen LogP contribution in [0.3, 0.4) is 0 Å². The predicted octanol–water partition coefficient (Wildman–Crippen LogP) is 4.50. The Hall–Kier alpha value is -0.960. The average molecular weight is 256 g/mol. The lowest BCUT2D eigenvalue weighted by atomic mass is 9.87. The summed E-state index contributed by atoms with van der Waals surface area (Å²) in [5.74, 6) is -3.21. The summed E-state index contributed by atoms with van der Waals surface area (Å²) in [6.07, 6.45) is 3.71. The second-order valence-electron chi connectivity index (χ2n) is 5.02. The summed E-state index contributed by atoms with van der Waals surface area (Å²) in [6.45, 7) is 3.29. The van der Waals surface area contributed by atoms with Crippen molar-refractivity contribution < 1.29 is 13.9 Å². The van der Waals surface area contributed by atoms with Crippen LogP contribution in [-0.2, 0) is 5.92 Å². The molecule has 0 bridgehead atoms. The van der Waals surface area contributed by atoms with E-state index in [2.05, 4.69) is 6.92 Å². The SMILES string of the molecule is CCCCCCC(C)(O)C(F)(F)c1ccccc1. The Kier molecular flexibility index (Phi) is 5.27. The van der Waals surface area contributed by atoms with Crippen LogP contribution in [0.1, 0.15) is 51.5 Å². The molecule has 0 aliphatic rings. The van der Waals surface area contributed by atoms with Crippen molar-refractivity contribution in [3.05, 3.63) is 35.9 Å². The molecule has 102 valence electrons. The molecule has 0 saturated carbocycles. The molecule has 1 aromatic rings. The number of hydrogen-bond donors (Lipinski definition) is 1. The quantitative estimate of drug-likeness (QED) is 0.712. The smallest absolute Gasteiger partial charge is 0.300 e. The molecule has 0 amide bonds. The summed E-state index contributed by atoms with van der Waals surface area (Å²) >= 11 is 0. The summed E-state index contributed by atoms with van der Waals surface area (Å²) < 4.78 is 28.4. The first-order chi connectivity index (χ1) is 8.42. The number of aliphatic hydroxyl groups is 1. The molecule has 0 saturated heterocycles. The molecule has 1 rings (SSSR count). The number of unbranched alkanes of at least 4 members (excludes halogenated alkanes) is 3. The van der Waals surface area contributed by atoms with Crippen LogP contribution in [-0.4, -0.2) is 10.7 Å². The fourth-order valence-corrected chi connectivity index (χ4v) is 2.01. The lowest BCUT2D eigenvalue weighted by molar-refractivity contribution is -0.182. The fourth-order valence-electron chi connectivity index (χ4n) is 2.01. The van der Waals surface area contributed by atoms with Gasteiger partial charge in [0.05, 0.1) is 0 Å². The lowest BCUT2D eigenvalue weighted by Gasteiger charge is -2.33. The highest BCUT2D eigenvalue weighted by atomic mass is 19.3. The third-order valence-corrected chi connectivity index (χ3v) is 3.33. The van der Waals surface area contributed by atoms with Crippen LogP contribution >= 0.6 is 0 Å². The monoisotopic (exact) mass is 256 g/mol. The van der Waals surface area contributed by atoms with E-state index in [1.807, 2.05) is 0 Å². The summed E-state index contributed by atoms with van der Waals surface area (Å²) in [4.78, 5) is 0. The van der Waals surface area contributed by atoms with Crippen molar-refractivity contribution in [2.75, 3.05) is 0 Å². The Morgan fingerprint density at radius 2 is 1.67 bits per heavy atom. The van der Waals surface area contributed by atoms with Gasteiger partial charge in [-0.3, -0.25) is 0 Å². The van der Waals surface area contributed by atoms with Gasteiger partial charge < -0.3 is 5.11 Å². The number of alkyl halides is 2. The first kappa shape index (κ1) is 15.1. The van der Waals surface area contributed by atoms with Crippen LogP contribution in [0.15, 0.2) is 30.3 Å². The number of benzene rings is 1. The molecule has 1 N–H and O–H groups in total. The zero-order chi connectivity index (χ0) is 13.6. The number of halogens is 2. The minimum absolute atomic E-state index is 0.120. The summed E-state index contributed by atoms with van der Waals surface area (Å²) in [6, 6.07) is 7.55. The van der Waals surface area contributed by atoms with Gasteiger partial charge in [-0.2, -0.15) is 8.78 Å². The molecule has 3 heteroatoms. The molecule has 0 fully saturated rings. The second kappa shape index (κ2) is 6.28. The molecule has 18 heavy (non-hydrogen) atoms. The summed E-state index contributed by atoms with van der Waals surface area (Å²) in [5, 5.41) is 10.0. The highest BCUT2D eigenvalue weighted by Crippen LogP contribution is 2.41. The molecule has 1 nitrogen and oxygen atoms in total. The van der Waals surface area contributed by atoms with Crippen LogP contribution in [0, 0.1) is 0 Å². The first-order valence-corrected chi connectivity index (χ1v) is 6.57. The molecule has 1 unspecified atom stereocenters. The van der Waals surface area contributed by atoms with E-state index in [9.17, 15) is 13.9 Å². The Bertz CT molecular complexity index is 347. The van der Waals surface area contributed by atoms with Crippen molar-refractivity contribution in [2.45, 2.75) is 57.5 Å². The van der Waals surface area contributed by atoms with Crippen LogP contribution in [0.25, 0.3) is 0 Å². The molecular weight excluding hydrogens is 234 g/mol. The molecule has 0 aliphatic heterocycles. The number of rotatable bonds is 7. The van der Waals surface area contributed by atoms with Gasteiger partial charge in [-0.15, -0.1) is 0 Å². The van der Waals surface area contributed by atoms with E-state index >= 15 is 0 Å². The zero-order valence-corrected chi connectivity index (χ0v) is 11.1. The van der Waals surface area contributed by atoms with Crippen LogP contribution in [0.2, 0.25) is 0 Å². The van der Waals surface area contributed by atoms with Gasteiger partial charge in [0.25, 0.3) is 0 Å². The Morgan fingerprint density at radius 1 is 1.06 bits per heavy atom. The molecule has 0 radical (unpaired) electrons. The largest absolute Gasteiger partial charge is 0.384 e. The molecule has 0 aromatic heterocycles. The van der Waals surface area contributed by atoms with E-state index in [-0.39, 0.29) is 12.0 Å². The van der Waals surface area contributed by atoms with Crippen LogP contribution in [0.4, 0.5) is 8.78 Å². The molecule has 1 aromatic carbocycles. The minimum Gasteiger partial charge on any atom is -0.384 e.